The van der Waals surface area contributed by atoms with E-state index in [1.165, 1.54) is 0 Å². The van der Waals surface area contributed by atoms with Crippen LogP contribution >= 0.6 is 0 Å². The van der Waals surface area contributed by atoms with Crippen LogP contribution in [0, 0.1) is 20.8 Å². The first-order chi connectivity index (χ1) is 14.5. The van der Waals surface area contributed by atoms with Gasteiger partial charge >= 0.3 is 11.8 Å². The van der Waals surface area contributed by atoms with Gasteiger partial charge in [-0.3, -0.25) is 9.59 Å². The molecule has 0 bridgehead atoms. The number of carbonyl (C=O) groups excluding carboxylic acids is 2. The number of hydrogen-bond acceptors (Lipinski definition) is 5. The summed E-state index contributed by atoms with van der Waals surface area (Å²) in [6.45, 7) is 7.39. The van der Waals surface area contributed by atoms with Gasteiger partial charge in [0.05, 0.1) is 4.90 Å². The monoisotopic (exact) mass is 452 g/mol. The molecule has 1 aliphatic heterocycles. The van der Waals surface area contributed by atoms with E-state index in [1.54, 1.807) is 4.31 Å². The van der Waals surface area contributed by atoms with Gasteiger partial charge in [-0.2, -0.15) is 4.31 Å². The Hall–Kier alpha value is -1.97. The number of nitrogens with one attached hydrogen (secondary N) is 2. The first-order valence-corrected chi connectivity index (χ1v) is 12.3. The van der Waals surface area contributed by atoms with Crippen molar-refractivity contribution in [3.63, 3.8) is 0 Å². The van der Waals surface area contributed by atoms with Crippen LogP contribution in [0.5, 0.6) is 0 Å². The summed E-state index contributed by atoms with van der Waals surface area (Å²) in [5.41, 5.74) is 2.55. The van der Waals surface area contributed by atoms with E-state index in [4.69, 9.17) is 0 Å². The minimum Gasteiger partial charge on any atom is -0.348 e. The Morgan fingerprint density at radius 3 is 2.19 bits per heavy atom. The fourth-order valence-corrected chi connectivity index (χ4v) is 6.31. The second kappa shape index (κ2) is 11.1. The van der Waals surface area contributed by atoms with E-state index in [0.29, 0.717) is 31.0 Å². The number of amides is 2. The van der Waals surface area contributed by atoms with Crippen molar-refractivity contribution < 1.29 is 18.0 Å². The molecule has 1 atom stereocenters. The van der Waals surface area contributed by atoms with Crippen LogP contribution in [0.3, 0.4) is 0 Å². The van der Waals surface area contributed by atoms with Crippen LogP contribution in [0.2, 0.25) is 0 Å². The van der Waals surface area contributed by atoms with Gasteiger partial charge < -0.3 is 15.5 Å². The molecule has 1 saturated heterocycles. The van der Waals surface area contributed by atoms with Crippen molar-refractivity contribution in [3.8, 4) is 0 Å². The highest BCUT2D eigenvalue weighted by Gasteiger charge is 2.35. The minimum absolute atomic E-state index is 0.198. The summed E-state index contributed by atoms with van der Waals surface area (Å²) in [6.07, 6.45) is 2.98. The topological polar surface area (TPSA) is 98.8 Å². The number of sulfonamides is 1. The third kappa shape index (κ3) is 6.75. The van der Waals surface area contributed by atoms with Crippen molar-refractivity contribution in [1.29, 1.82) is 0 Å². The van der Waals surface area contributed by atoms with Crippen molar-refractivity contribution in [1.82, 2.24) is 19.8 Å². The lowest BCUT2D eigenvalue weighted by Crippen LogP contribution is -2.47. The fourth-order valence-electron chi connectivity index (χ4n) is 4.18. The van der Waals surface area contributed by atoms with Crippen molar-refractivity contribution in [3.05, 3.63) is 28.8 Å². The van der Waals surface area contributed by atoms with Crippen LogP contribution in [0.1, 0.15) is 42.4 Å². The van der Waals surface area contributed by atoms with Gasteiger partial charge in [0, 0.05) is 32.2 Å². The molecule has 0 saturated carbocycles. The first kappa shape index (κ1) is 25.3. The Morgan fingerprint density at radius 2 is 1.61 bits per heavy atom. The zero-order valence-corrected chi connectivity index (χ0v) is 20.1. The second-order valence-electron chi connectivity index (χ2n) is 8.60. The first-order valence-electron chi connectivity index (χ1n) is 10.8. The van der Waals surface area contributed by atoms with E-state index in [9.17, 15) is 18.0 Å². The largest absolute Gasteiger partial charge is 0.348 e. The summed E-state index contributed by atoms with van der Waals surface area (Å²) >= 11 is 0. The molecule has 1 aliphatic rings. The maximum atomic E-state index is 13.5. The van der Waals surface area contributed by atoms with Gasteiger partial charge in [0.15, 0.2) is 0 Å². The number of likely N-dealkylation sites (N-methyl/N-ethyl adjacent to an activating group) is 1. The molecule has 0 aromatic heterocycles. The fraction of sp³-hybridized carbons (Fsp3) is 0.636. The highest BCUT2D eigenvalue weighted by Crippen LogP contribution is 2.31. The molecule has 0 aliphatic carbocycles. The molecule has 8 nitrogen and oxygen atoms in total. The molecule has 1 fully saturated rings. The van der Waals surface area contributed by atoms with Crippen LogP contribution in [-0.4, -0.2) is 75.8 Å². The van der Waals surface area contributed by atoms with Crippen molar-refractivity contribution in [2.75, 3.05) is 40.3 Å². The molecule has 1 heterocycles. The van der Waals surface area contributed by atoms with Crippen LogP contribution in [-0.2, 0) is 19.6 Å². The van der Waals surface area contributed by atoms with Crippen LogP contribution in [0.15, 0.2) is 17.0 Å². The maximum absolute atomic E-state index is 13.5. The zero-order chi connectivity index (χ0) is 23.2. The number of nitrogens with zero attached hydrogens (tertiary/aromatic N) is 2. The van der Waals surface area contributed by atoms with Crippen molar-refractivity contribution >= 4 is 21.8 Å². The molecule has 0 spiro atoms. The van der Waals surface area contributed by atoms with Gasteiger partial charge in [0.25, 0.3) is 0 Å². The van der Waals surface area contributed by atoms with Gasteiger partial charge in [-0.05, 0) is 65.3 Å². The van der Waals surface area contributed by atoms with E-state index < -0.39 is 21.8 Å². The number of rotatable bonds is 8. The molecule has 2 rings (SSSR count). The summed E-state index contributed by atoms with van der Waals surface area (Å²) in [5, 5.41) is 5.20. The van der Waals surface area contributed by atoms with Crippen LogP contribution < -0.4 is 10.6 Å². The molecule has 1 aromatic carbocycles. The highest BCUT2D eigenvalue weighted by atomic mass is 32.2. The SMILES string of the molecule is Cc1cc(C)c(S(=O)(=O)N2CCCC[C@@H]2CCNC(=O)C(=O)NCCN(C)C)c(C)c1. The molecule has 2 amide bonds. The van der Waals surface area contributed by atoms with E-state index in [2.05, 4.69) is 10.6 Å². The lowest BCUT2D eigenvalue weighted by atomic mass is 10.0. The third-order valence-electron chi connectivity index (χ3n) is 5.56. The molecule has 31 heavy (non-hydrogen) atoms. The zero-order valence-electron chi connectivity index (χ0n) is 19.3. The average molecular weight is 453 g/mol. The van der Waals surface area contributed by atoms with E-state index >= 15 is 0 Å². The number of aryl methyl sites for hydroxylation is 3. The minimum atomic E-state index is -3.64. The maximum Gasteiger partial charge on any atom is 0.309 e. The van der Waals surface area contributed by atoms with Crippen LogP contribution in [0.25, 0.3) is 0 Å². The second-order valence-corrected chi connectivity index (χ2v) is 10.4. The van der Waals surface area contributed by atoms with Crippen molar-refractivity contribution in [2.24, 2.45) is 0 Å². The Kier molecular flexibility index (Phi) is 9.02. The molecule has 174 valence electrons. The van der Waals surface area contributed by atoms with Gasteiger partial charge in [0.2, 0.25) is 10.0 Å². The highest BCUT2D eigenvalue weighted by molar-refractivity contribution is 7.89. The summed E-state index contributed by atoms with van der Waals surface area (Å²) in [4.78, 5) is 26.2. The molecule has 0 unspecified atom stereocenters. The van der Waals surface area contributed by atoms with E-state index in [-0.39, 0.29) is 12.6 Å². The van der Waals surface area contributed by atoms with Gasteiger partial charge in [-0.25, -0.2) is 8.42 Å². The third-order valence-corrected chi connectivity index (χ3v) is 7.82. The lowest BCUT2D eigenvalue weighted by Gasteiger charge is -2.35. The molecule has 1 aromatic rings. The van der Waals surface area contributed by atoms with E-state index in [1.807, 2.05) is 51.9 Å². The lowest BCUT2D eigenvalue weighted by molar-refractivity contribution is -0.139. The summed E-state index contributed by atoms with van der Waals surface area (Å²) < 4.78 is 28.6. The number of hydrogen-bond donors (Lipinski definition) is 2. The Labute approximate surface area is 186 Å². The molecular formula is C22H36N4O4S. The van der Waals surface area contributed by atoms with E-state index in [0.717, 1.165) is 36.0 Å². The van der Waals surface area contributed by atoms with Gasteiger partial charge in [-0.15, -0.1) is 0 Å². The standard InChI is InChI=1S/C22H36N4O4S/c1-16-14-17(2)20(18(3)15-16)31(29,30)26-12-7-6-8-19(26)9-10-23-21(27)22(28)24-11-13-25(4)5/h14-15,19H,6-13H2,1-5H3,(H,23,27)(H,24,28)/t19-/m1/s1. The molecule has 9 heteroatoms. The molecular weight excluding hydrogens is 416 g/mol. The molecule has 0 radical (unpaired) electrons. The van der Waals surface area contributed by atoms with Crippen molar-refractivity contribution in [2.45, 2.75) is 57.4 Å². The summed E-state index contributed by atoms with van der Waals surface area (Å²) in [7, 11) is 0.130. The average Bonchev–Trinajstić information content (AvgIpc) is 2.66. The normalized spacial score (nSPS) is 17.5. The van der Waals surface area contributed by atoms with Gasteiger partial charge in [0.1, 0.15) is 0 Å². The summed E-state index contributed by atoms with van der Waals surface area (Å²) in [6, 6.07) is 3.60. The number of piperidine rings is 1. The smallest absolute Gasteiger partial charge is 0.309 e. The quantitative estimate of drug-likeness (QED) is 0.580. The predicted octanol–water partition coefficient (Wildman–Crippen LogP) is 1.34. The van der Waals surface area contributed by atoms with Crippen LogP contribution in [0.4, 0.5) is 0 Å². The Morgan fingerprint density at radius 1 is 1.03 bits per heavy atom. The molecule has 2 N–H and O–H groups in total. The Bertz CT molecular complexity index is 876. The predicted molar refractivity (Wildman–Crippen MR) is 121 cm³/mol. The Balaban J connectivity index is 2.01. The van der Waals surface area contributed by atoms with Gasteiger partial charge in [-0.1, -0.05) is 24.1 Å². The number of carbonyl (C=O) groups is 2. The summed E-state index contributed by atoms with van der Waals surface area (Å²) in [5.74, 6) is -1.35. The number of benzene rings is 1.